The van der Waals surface area contributed by atoms with Gasteiger partial charge in [0.2, 0.25) is 0 Å². The Morgan fingerprint density at radius 2 is 2.38 bits per heavy atom. The Labute approximate surface area is 63.7 Å². The predicted molar refractivity (Wildman–Crippen MR) is 39.4 cm³/mol. The van der Waals surface area contributed by atoms with Crippen molar-refractivity contribution < 1.29 is 4.29 Å². The van der Waals surface area contributed by atoms with Crippen LogP contribution in [0, 0.1) is 0 Å². The summed E-state index contributed by atoms with van der Waals surface area (Å²) in [6.45, 7) is 2.72. The molecule has 0 bridgehead atoms. The predicted octanol–water partition coefficient (Wildman–Crippen LogP) is 2.72. The molecule has 0 aliphatic heterocycles. The first-order chi connectivity index (χ1) is 3.81. The zero-order chi connectivity index (χ0) is 6.41. The third-order valence-electron chi connectivity index (χ3n) is 0.846. The van der Waals surface area contributed by atoms with Gasteiger partial charge in [0.1, 0.15) is 0 Å². The van der Waals surface area contributed by atoms with Gasteiger partial charge in [-0.2, -0.15) is 0 Å². The molecule has 0 N–H and O–H groups in total. The first-order valence-corrected chi connectivity index (χ1v) is 3.91. The fourth-order valence-electron chi connectivity index (χ4n) is 0.465. The van der Waals surface area contributed by atoms with Crippen LogP contribution in [0.15, 0.2) is 0 Å². The van der Waals surface area contributed by atoms with E-state index in [4.69, 9.17) is 11.9 Å². The van der Waals surface area contributed by atoms with Crippen LogP contribution >= 0.6 is 27.8 Å². The molecular formula is C5H10BrClO. The van der Waals surface area contributed by atoms with E-state index in [0.29, 0.717) is 11.4 Å². The van der Waals surface area contributed by atoms with Gasteiger partial charge in [0.05, 0.1) is 18.5 Å². The summed E-state index contributed by atoms with van der Waals surface area (Å²) in [7, 11) is 0. The van der Waals surface area contributed by atoms with E-state index in [2.05, 4.69) is 27.1 Å². The fraction of sp³-hybridized carbons (Fsp3) is 1.00. The first-order valence-electron chi connectivity index (χ1n) is 2.68. The summed E-state index contributed by atoms with van der Waals surface area (Å²) in [6.07, 6.45) is 2.28. The average molecular weight is 201 g/mol. The lowest BCUT2D eigenvalue weighted by Crippen LogP contribution is -2.02. The summed E-state index contributed by atoms with van der Waals surface area (Å²) in [4.78, 5) is 0.421. The molecule has 50 valence electrons. The third-order valence-corrected chi connectivity index (χ3v) is 1.69. The van der Waals surface area contributed by atoms with Crippen LogP contribution in [0.5, 0.6) is 0 Å². The van der Waals surface area contributed by atoms with Crippen molar-refractivity contribution in [1.29, 1.82) is 0 Å². The largest absolute Gasteiger partial charge is 0.278 e. The van der Waals surface area contributed by atoms with Gasteiger partial charge in [0.15, 0.2) is 0 Å². The number of rotatable bonds is 4. The molecule has 0 fully saturated rings. The van der Waals surface area contributed by atoms with Crippen molar-refractivity contribution in [2.24, 2.45) is 0 Å². The molecule has 8 heavy (non-hydrogen) atoms. The molecule has 0 aromatic carbocycles. The Bertz CT molecular complexity index is 45.7. The molecule has 0 radical (unpaired) electrons. The molecule has 0 aliphatic rings. The van der Waals surface area contributed by atoms with Crippen molar-refractivity contribution in [3.63, 3.8) is 0 Å². The Hall–Kier alpha value is 0.730. The van der Waals surface area contributed by atoms with Gasteiger partial charge in [-0.1, -0.05) is 29.3 Å². The highest BCUT2D eigenvalue weighted by Gasteiger charge is 1.99. The summed E-state index contributed by atoms with van der Waals surface area (Å²) in [5.41, 5.74) is 0. The minimum absolute atomic E-state index is 0.421. The van der Waals surface area contributed by atoms with Gasteiger partial charge in [-0.25, -0.2) is 0 Å². The zero-order valence-corrected chi connectivity index (χ0v) is 7.20. The van der Waals surface area contributed by atoms with Crippen molar-refractivity contribution in [3.8, 4) is 0 Å². The van der Waals surface area contributed by atoms with E-state index in [-0.39, 0.29) is 0 Å². The number of hydrogen-bond donors (Lipinski definition) is 0. The standard InChI is InChI=1S/C5H10BrClO/c1-2-3-5(6)4-8-7/h5H,2-4H2,1H3. The topological polar surface area (TPSA) is 9.23 Å². The molecule has 0 spiro atoms. The Kier molecular flexibility index (Phi) is 6.39. The van der Waals surface area contributed by atoms with Crippen LogP contribution in [0.4, 0.5) is 0 Å². The van der Waals surface area contributed by atoms with Crippen LogP contribution in [0.2, 0.25) is 0 Å². The fourth-order valence-corrected chi connectivity index (χ4v) is 1.36. The SMILES string of the molecule is CCCC(Br)COCl. The zero-order valence-electron chi connectivity index (χ0n) is 4.86. The van der Waals surface area contributed by atoms with Crippen LogP contribution in [0.25, 0.3) is 0 Å². The maximum absolute atomic E-state index is 5.00. The average Bonchev–Trinajstić information content (AvgIpc) is 1.68. The molecule has 3 heteroatoms. The van der Waals surface area contributed by atoms with Gasteiger partial charge in [-0.3, -0.25) is 4.29 Å². The molecule has 0 heterocycles. The molecular weight excluding hydrogens is 191 g/mol. The van der Waals surface area contributed by atoms with Crippen LogP contribution in [0.1, 0.15) is 19.8 Å². The molecule has 0 aromatic heterocycles. The number of alkyl halides is 1. The summed E-state index contributed by atoms with van der Waals surface area (Å²) < 4.78 is 4.38. The van der Waals surface area contributed by atoms with Crippen molar-refractivity contribution >= 4 is 27.8 Å². The van der Waals surface area contributed by atoms with Crippen molar-refractivity contribution in [2.75, 3.05) is 6.61 Å². The van der Waals surface area contributed by atoms with Gasteiger partial charge < -0.3 is 0 Å². The monoisotopic (exact) mass is 200 g/mol. The maximum atomic E-state index is 5.00. The van der Waals surface area contributed by atoms with Gasteiger partial charge in [0.25, 0.3) is 0 Å². The maximum Gasteiger partial charge on any atom is 0.0807 e. The third kappa shape index (κ3) is 4.88. The van der Waals surface area contributed by atoms with E-state index < -0.39 is 0 Å². The lowest BCUT2D eigenvalue weighted by Gasteiger charge is -2.02. The number of hydrogen-bond acceptors (Lipinski definition) is 1. The van der Waals surface area contributed by atoms with E-state index in [0.717, 1.165) is 12.8 Å². The molecule has 1 unspecified atom stereocenters. The highest BCUT2D eigenvalue weighted by Crippen LogP contribution is 2.07. The van der Waals surface area contributed by atoms with Crippen molar-refractivity contribution in [1.82, 2.24) is 0 Å². The first kappa shape index (κ1) is 8.73. The number of halogens is 2. The summed E-state index contributed by atoms with van der Waals surface area (Å²) in [6, 6.07) is 0. The molecule has 1 nitrogen and oxygen atoms in total. The second-order valence-corrected chi connectivity index (χ2v) is 3.17. The van der Waals surface area contributed by atoms with Crippen LogP contribution in [0.3, 0.4) is 0 Å². The molecule has 0 saturated heterocycles. The summed E-state index contributed by atoms with van der Waals surface area (Å²) >= 11 is 8.39. The highest BCUT2D eigenvalue weighted by atomic mass is 79.9. The minimum Gasteiger partial charge on any atom is -0.278 e. The molecule has 0 aliphatic carbocycles. The van der Waals surface area contributed by atoms with Crippen molar-refractivity contribution in [2.45, 2.75) is 24.6 Å². The van der Waals surface area contributed by atoms with E-state index in [1.54, 1.807) is 0 Å². The van der Waals surface area contributed by atoms with Gasteiger partial charge in [-0.05, 0) is 6.42 Å². The molecule has 0 aromatic rings. The Balaban J connectivity index is 2.92. The molecule has 1 atom stereocenters. The quantitative estimate of drug-likeness (QED) is 0.636. The van der Waals surface area contributed by atoms with Gasteiger partial charge >= 0.3 is 0 Å². The molecule has 0 rings (SSSR count). The van der Waals surface area contributed by atoms with E-state index >= 15 is 0 Å². The van der Waals surface area contributed by atoms with Gasteiger partial charge in [-0.15, -0.1) is 0 Å². The van der Waals surface area contributed by atoms with E-state index in [9.17, 15) is 0 Å². The minimum atomic E-state index is 0.421. The van der Waals surface area contributed by atoms with Crippen LogP contribution in [-0.2, 0) is 4.29 Å². The van der Waals surface area contributed by atoms with E-state index in [1.165, 1.54) is 0 Å². The normalized spacial score (nSPS) is 13.9. The smallest absolute Gasteiger partial charge is 0.0807 e. The van der Waals surface area contributed by atoms with E-state index in [1.807, 2.05) is 0 Å². The summed E-state index contributed by atoms with van der Waals surface area (Å²) in [5.74, 6) is 0. The van der Waals surface area contributed by atoms with Crippen LogP contribution in [-0.4, -0.2) is 11.4 Å². The lowest BCUT2D eigenvalue weighted by atomic mass is 10.3. The highest BCUT2D eigenvalue weighted by molar-refractivity contribution is 9.09. The molecule has 0 saturated carbocycles. The second-order valence-electron chi connectivity index (χ2n) is 1.66. The lowest BCUT2D eigenvalue weighted by molar-refractivity contribution is 0.346. The summed E-state index contributed by atoms with van der Waals surface area (Å²) in [5, 5.41) is 0. The second kappa shape index (κ2) is 5.86. The van der Waals surface area contributed by atoms with Gasteiger partial charge in [0, 0.05) is 4.83 Å². The Morgan fingerprint density at radius 3 is 2.75 bits per heavy atom. The Morgan fingerprint density at radius 1 is 1.75 bits per heavy atom. The van der Waals surface area contributed by atoms with Crippen molar-refractivity contribution in [3.05, 3.63) is 0 Å². The molecule has 0 amide bonds. The van der Waals surface area contributed by atoms with Crippen LogP contribution < -0.4 is 0 Å².